The van der Waals surface area contributed by atoms with Crippen molar-refractivity contribution in [1.29, 1.82) is 0 Å². The molecule has 3 amide bonds. The Morgan fingerprint density at radius 1 is 1.12 bits per heavy atom. The van der Waals surface area contributed by atoms with Crippen molar-refractivity contribution in [3.05, 3.63) is 17.7 Å². The highest BCUT2D eigenvalue weighted by molar-refractivity contribution is 6.12. The molecule has 1 aliphatic heterocycles. The van der Waals surface area contributed by atoms with Gasteiger partial charge in [0.2, 0.25) is 11.8 Å². The number of esters is 1. The van der Waals surface area contributed by atoms with Crippen LogP contribution < -0.4 is 20.9 Å². The van der Waals surface area contributed by atoms with Crippen molar-refractivity contribution in [3.8, 4) is 0 Å². The Morgan fingerprint density at radius 2 is 1.78 bits per heavy atom. The Kier molecular flexibility index (Phi) is 9.49. The Bertz CT molecular complexity index is 847. The molecular weight excluding hydrogens is 412 g/mol. The average molecular weight is 447 g/mol. The number of carbonyl (C=O) groups excluding carboxylic acids is 4. The number of fused-ring (bicyclic) bond motifs is 1. The summed E-state index contributed by atoms with van der Waals surface area (Å²) < 4.78 is 4.63. The van der Waals surface area contributed by atoms with E-state index in [0.717, 1.165) is 44.5 Å². The number of hydrogen-bond acceptors (Lipinski definition) is 6. The molecular formula is C23H34N4O5. The number of hydrogen-bond donors (Lipinski definition) is 3. The van der Waals surface area contributed by atoms with E-state index in [1.165, 1.54) is 14.0 Å². The van der Waals surface area contributed by atoms with E-state index in [2.05, 4.69) is 39.4 Å². The lowest BCUT2D eigenvalue weighted by molar-refractivity contribution is -0.140. The number of unbranched alkanes of at least 4 members (excludes halogenated alkanes) is 2. The van der Waals surface area contributed by atoms with Crippen LogP contribution in [0.5, 0.6) is 0 Å². The van der Waals surface area contributed by atoms with E-state index in [1.54, 1.807) is 12.1 Å². The molecule has 0 fully saturated rings. The van der Waals surface area contributed by atoms with Gasteiger partial charge in [-0.3, -0.25) is 19.2 Å². The summed E-state index contributed by atoms with van der Waals surface area (Å²) in [5.74, 6) is -1.52. The zero-order valence-electron chi connectivity index (χ0n) is 19.4. The van der Waals surface area contributed by atoms with Gasteiger partial charge in [0.15, 0.2) is 0 Å². The van der Waals surface area contributed by atoms with Gasteiger partial charge in [0.25, 0.3) is 5.91 Å². The number of rotatable bonds is 11. The molecule has 0 aromatic heterocycles. The predicted molar refractivity (Wildman–Crippen MR) is 124 cm³/mol. The number of ether oxygens (including phenoxy) is 1. The SMILES string of the molecule is CCCCN(CCCC)c1cc2c(cc1NC(C)=O)NC(=O)[C@@H](CCC(=O)OC)NC2=O. The lowest BCUT2D eigenvalue weighted by Crippen LogP contribution is -2.41. The van der Waals surface area contributed by atoms with E-state index in [1.807, 2.05) is 0 Å². The van der Waals surface area contributed by atoms with Crippen LogP contribution >= 0.6 is 0 Å². The van der Waals surface area contributed by atoms with Crippen LogP contribution in [0, 0.1) is 0 Å². The Labute approximate surface area is 189 Å². The van der Waals surface area contributed by atoms with Crippen LogP contribution in [-0.4, -0.2) is 49.9 Å². The summed E-state index contributed by atoms with van der Waals surface area (Å²) in [5, 5.41) is 8.32. The molecule has 176 valence electrons. The van der Waals surface area contributed by atoms with Crippen LogP contribution in [0.2, 0.25) is 0 Å². The van der Waals surface area contributed by atoms with Gasteiger partial charge in [-0.15, -0.1) is 0 Å². The molecule has 9 nitrogen and oxygen atoms in total. The molecule has 0 spiro atoms. The third-order valence-electron chi connectivity index (χ3n) is 5.34. The molecule has 32 heavy (non-hydrogen) atoms. The van der Waals surface area contributed by atoms with Gasteiger partial charge in [-0.25, -0.2) is 0 Å². The van der Waals surface area contributed by atoms with E-state index in [4.69, 9.17) is 0 Å². The number of anilines is 3. The second-order valence-corrected chi connectivity index (χ2v) is 7.92. The quantitative estimate of drug-likeness (QED) is 0.450. The Balaban J connectivity index is 2.43. The molecule has 0 bridgehead atoms. The minimum absolute atomic E-state index is 0.00934. The molecule has 0 unspecified atom stereocenters. The van der Waals surface area contributed by atoms with Gasteiger partial charge in [0.05, 0.1) is 29.7 Å². The number of nitrogens with zero attached hydrogens (tertiary/aromatic N) is 1. The highest BCUT2D eigenvalue weighted by Gasteiger charge is 2.30. The maximum Gasteiger partial charge on any atom is 0.305 e. The first-order valence-corrected chi connectivity index (χ1v) is 11.2. The zero-order valence-corrected chi connectivity index (χ0v) is 19.4. The monoisotopic (exact) mass is 446 g/mol. The van der Waals surface area contributed by atoms with Crippen molar-refractivity contribution in [2.75, 3.05) is 35.7 Å². The molecule has 1 aliphatic rings. The second-order valence-electron chi connectivity index (χ2n) is 7.92. The van der Waals surface area contributed by atoms with Crippen LogP contribution in [-0.2, 0) is 19.1 Å². The van der Waals surface area contributed by atoms with Crippen LogP contribution in [0.15, 0.2) is 12.1 Å². The highest BCUT2D eigenvalue weighted by Crippen LogP contribution is 2.34. The number of nitrogens with one attached hydrogen (secondary N) is 3. The maximum atomic E-state index is 13.0. The molecule has 1 atom stereocenters. The van der Waals surface area contributed by atoms with E-state index >= 15 is 0 Å². The summed E-state index contributed by atoms with van der Waals surface area (Å²) >= 11 is 0. The summed E-state index contributed by atoms with van der Waals surface area (Å²) in [6, 6.07) is 2.50. The van der Waals surface area contributed by atoms with Gasteiger partial charge in [-0.2, -0.15) is 0 Å². The summed E-state index contributed by atoms with van der Waals surface area (Å²) in [5.41, 5.74) is 1.94. The topological polar surface area (TPSA) is 117 Å². The lowest BCUT2D eigenvalue weighted by Gasteiger charge is -2.28. The summed E-state index contributed by atoms with van der Waals surface area (Å²) in [7, 11) is 1.28. The van der Waals surface area contributed by atoms with Crippen LogP contribution in [0.3, 0.4) is 0 Å². The molecule has 1 heterocycles. The lowest BCUT2D eigenvalue weighted by atomic mass is 10.1. The predicted octanol–water partition coefficient (Wildman–Crippen LogP) is 3.06. The minimum atomic E-state index is -0.863. The summed E-state index contributed by atoms with van der Waals surface area (Å²) in [6.45, 7) is 7.23. The van der Waals surface area contributed by atoms with Gasteiger partial charge in [-0.05, 0) is 31.4 Å². The second kappa shape index (κ2) is 12.1. The minimum Gasteiger partial charge on any atom is -0.469 e. The van der Waals surface area contributed by atoms with Crippen molar-refractivity contribution in [2.45, 2.75) is 65.3 Å². The maximum absolute atomic E-state index is 13.0. The van der Waals surface area contributed by atoms with Gasteiger partial charge in [0, 0.05) is 26.4 Å². The van der Waals surface area contributed by atoms with Crippen LogP contribution in [0.1, 0.15) is 69.7 Å². The first-order valence-electron chi connectivity index (χ1n) is 11.2. The molecule has 0 radical (unpaired) electrons. The normalized spacial score (nSPS) is 15.2. The zero-order chi connectivity index (χ0) is 23.7. The molecule has 9 heteroatoms. The Morgan fingerprint density at radius 3 is 2.34 bits per heavy atom. The molecule has 3 N–H and O–H groups in total. The summed E-state index contributed by atoms with van der Waals surface area (Å²) in [4.78, 5) is 51.2. The van der Waals surface area contributed by atoms with Gasteiger partial charge in [0.1, 0.15) is 6.04 Å². The molecule has 1 aromatic rings. The molecule has 1 aromatic carbocycles. The third kappa shape index (κ3) is 6.70. The van der Waals surface area contributed by atoms with Crippen LogP contribution in [0.4, 0.5) is 17.1 Å². The fraction of sp³-hybridized carbons (Fsp3) is 0.565. The van der Waals surface area contributed by atoms with Crippen molar-refractivity contribution in [2.24, 2.45) is 0 Å². The standard InChI is InChI=1S/C23H34N4O5/c1-5-7-11-27(12-8-6-2)20-13-16-18(14-19(20)24-15(3)28)26-23(31)17(25-22(16)30)9-10-21(29)32-4/h13-14,17H,5-12H2,1-4H3,(H,24,28)(H,25,30)(H,26,31)/t17-/m1/s1. The first-order chi connectivity index (χ1) is 15.3. The van der Waals surface area contributed by atoms with Gasteiger partial charge in [-0.1, -0.05) is 26.7 Å². The van der Waals surface area contributed by atoms with Gasteiger partial charge >= 0.3 is 5.97 Å². The van der Waals surface area contributed by atoms with Crippen LogP contribution in [0.25, 0.3) is 0 Å². The fourth-order valence-electron chi connectivity index (χ4n) is 3.57. The van der Waals surface area contributed by atoms with E-state index in [0.29, 0.717) is 16.9 Å². The van der Waals surface area contributed by atoms with Crippen molar-refractivity contribution in [3.63, 3.8) is 0 Å². The first kappa shape index (κ1) is 25.2. The molecule has 2 rings (SSSR count). The largest absolute Gasteiger partial charge is 0.469 e. The van der Waals surface area contributed by atoms with Crippen molar-refractivity contribution < 1.29 is 23.9 Å². The smallest absolute Gasteiger partial charge is 0.305 e. The summed E-state index contributed by atoms with van der Waals surface area (Å²) in [6.07, 6.45) is 4.11. The number of amides is 3. The highest BCUT2D eigenvalue weighted by atomic mass is 16.5. The number of benzene rings is 1. The number of carbonyl (C=O) groups is 4. The number of methoxy groups -OCH3 is 1. The molecule has 0 saturated heterocycles. The van der Waals surface area contributed by atoms with Crippen molar-refractivity contribution in [1.82, 2.24) is 5.32 Å². The molecule has 0 saturated carbocycles. The average Bonchev–Trinajstić information content (AvgIpc) is 2.87. The van der Waals surface area contributed by atoms with E-state index in [9.17, 15) is 19.2 Å². The Hall–Kier alpha value is -3.10. The fourth-order valence-corrected chi connectivity index (χ4v) is 3.57. The van der Waals surface area contributed by atoms with Crippen molar-refractivity contribution >= 4 is 40.8 Å². The molecule has 0 aliphatic carbocycles. The third-order valence-corrected chi connectivity index (χ3v) is 5.34. The van der Waals surface area contributed by atoms with E-state index in [-0.39, 0.29) is 18.7 Å². The van der Waals surface area contributed by atoms with E-state index < -0.39 is 23.8 Å². The van der Waals surface area contributed by atoms with Gasteiger partial charge < -0.3 is 25.6 Å².